The highest BCUT2D eigenvalue weighted by atomic mass is 15.3. The molecule has 0 saturated carbocycles. The molecule has 0 aliphatic carbocycles. The van der Waals surface area contributed by atoms with Gasteiger partial charge in [-0.2, -0.15) is 0 Å². The highest BCUT2D eigenvalue weighted by Gasteiger charge is 2.26. The van der Waals surface area contributed by atoms with Crippen LogP contribution in [0.1, 0.15) is 52.1 Å². The minimum Gasteiger partial charge on any atom is -0.339 e. The van der Waals surface area contributed by atoms with Crippen LogP contribution in [0.15, 0.2) is 6.20 Å². The number of hydrogen-bond donors (Lipinski definition) is 1. The largest absolute Gasteiger partial charge is 0.339 e. The number of anilines is 1. The van der Waals surface area contributed by atoms with E-state index in [9.17, 15) is 0 Å². The summed E-state index contributed by atoms with van der Waals surface area (Å²) >= 11 is 0. The molecule has 0 bridgehead atoms. The molecule has 2 rings (SSSR count). The molecule has 19 heavy (non-hydrogen) atoms. The van der Waals surface area contributed by atoms with Gasteiger partial charge in [-0.05, 0) is 32.6 Å². The van der Waals surface area contributed by atoms with Gasteiger partial charge in [0.2, 0.25) is 5.95 Å². The van der Waals surface area contributed by atoms with Crippen LogP contribution in [0.2, 0.25) is 0 Å². The molecule has 2 atom stereocenters. The molecule has 2 heterocycles. The molecule has 1 aromatic rings. The SMILES string of the molecule is CCCCn1cc(CC)nc1N1CCC(N)CC1C. The van der Waals surface area contributed by atoms with E-state index in [4.69, 9.17) is 10.7 Å². The van der Waals surface area contributed by atoms with Crippen LogP contribution in [0.3, 0.4) is 0 Å². The number of piperidine rings is 1. The first kappa shape index (κ1) is 14.4. The van der Waals surface area contributed by atoms with Gasteiger partial charge in [0.1, 0.15) is 0 Å². The highest BCUT2D eigenvalue weighted by molar-refractivity contribution is 5.36. The van der Waals surface area contributed by atoms with Crippen LogP contribution in [0.5, 0.6) is 0 Å². The van der Waals surface area contributed by atoms with Crippen molar-refractivity contribution in [1.82, 2.24) is 9.55 Å². The Kier molecular flexibility index (Phi) is 4.86. The molecule has 1 saturated heterocycles. The number of hydrogen-bond acceptors (Lipinski definition) is 3. The third-order valence-electron chi connectivity index (χ3n) is 4.09. The van der Waals surface area contributed by atoms with Crippen molar-refractivity contribution < 1.29 is 0 Å². The Morgan fingerprint density at radius 1 is 1.42 bits per heavy atom. The number of aryl methyl sites for hydroxylation is 2. The second-order valence-corrected chi connectivity index (χ2v) is 5.76. The van der Waals surface area contributed by atoms with Crippen molar-refractivity contribution in [2.45, 2.75) is 71.5 Å². The van der Waals surface area contributed by atoms with Crippen molar-refractivity contribution in [3.8, 4) is 0 Å². The van der Waals surface area contributed by atoms with E-state index in [0.29, 0.717) is 12.1 Å². The van der Waals surface area contributed by atoms with Gasteiger partial charge in [0.15, 0.2) is 0 Å². The fourth-order valence-corrected chi connectivity index (χ4v) is 2.86. The number of rotatable bonds is 5. The maximum Gasteiger partial charge on any atom is 0.205 e. The highest BCUT2D eigenvalue weighted by Crippen LogP contribution is 2.24. The third-order valence-corrected chi connectivity index (χ3v) is 4.09. The Hall–Kier alpha value is -1.03. The summed E-state index contributed by atoms with van der Waals surface area (Å²) in [4.78, 5) is 7.27. The molecule has 4 nitrogen and oxygen atoms in total. The van der Waals surface area contributed by atoms with Crippen molar-refractivity contribution >= 4 is 5.95 Å². The molecule has 1 fully saturated rings. The predicted molar refractivity (Wildman–Crippen MR) is 80.5 cm³/mol. The van der Waals surface area contributed by atoms with Crippen molar-refractivity contribution in [1.29, 1.82) is 0 Å². The summed E-state index contributed by atoms with van der Waals surface area (Å²) in [5.74, 6) is 1.16. The Morgan fingerprint density at radius 3 is 2.84 bits per heavy atom. The zero-order valence-electron chi connectivity index (χ0n) is 12.6. The molecule has 1 aliphatic heterocycles. The minimum atomic E-state index is 0.357. The summed E-state index contributed by atoms with van der Waals surface area (Å²) in [5.41, 5.74) is 7.26. The number of aromatic nitrogens is 2. The Balaban J connectivity index is 2.19. The number of nitrogens with two attached hydrogens (primary N) is 1. The van der Waals surface area contributed by atoms with Gasteiger partial charge in [0, 0.05) is 31.4 Å². The van der Waals surface area contributed by atoms with Crippen LogP contribution in [-0.2, 0) is 13.0 Å². The summed E-state index contributed by atoms with van der Waals surface area (Å²) in [5, 5.41) is 0. The van der Waals surface area contributed by atoms with Gasteiger partial charge in [-0.25, -0.2) is 4.98 Å². The van der Waals surface area contributed by atoms with Gasteiger partial charge < -0.3 is 15.2 Å². The van der Waals surface area contributed by atoms with E-state index in [1.165, 1.54) is 18.5 Å². The van der Waals surface area contributed by atoms with Crippen LogP contribution in [0.25, 0.3) is 0 Å². The summed E-state index contributed by atoms with van der Waals surface area (Å²) in [6, 6.07) is 0.854. The summed E-state index contributed by atoms with van der Waals surface area (Å²) in [7, 11) is 0. The lowest BCUT2D eigenvalue weighted by Gasteiger charge is -2.37. The Morgan fingerprint density at radius 2 is 2.21 bits per heavy atom. The monoisotopic (exact) mass is 264 g/mol. The molecular weight excluding hydrogens is 236 g/mol. The molecule has 0 spiro atoms. The van der Waals surface area contributed by atoms with Gasteiger partial charge in [0.05, 0.1) is 5.69 Å². The van der Waals surface area contributed by atoms with Gasteiger partial charge in [-0.15, -0.1) is 0 Å². The molecule has 2 unspecified atom stereocenters. The molecule has 0 aromatic carbocycles. The van der Waals surface area contributed by atoms with E-state index in [2.05, 4.69) is 36.4 Å². The van der Waals surface area contributed by atoms with E-state index in [1.54, 1.807) is 0 Å². The van der Waals surface area contributed by atoms with Crippen molar-refractivity contribution in [2.24, 2.45) is 5.73 Å². The van der Waals surface area contributed by atoms with Crippen molar-refractivity contribution in [3.05, 3.63) is 11.9 Å². The van der Waals surface area contributed by atoms with Crippen LogP contribution in [0, 0.1) is 0 Å². The normalized spacial score (nSPS) is 23.9. The standard InChI is InChI=1S/C15H28N4/c1-4-6-8-18-11-14(5-2)17-15(18)19-9-7-13(16)10-12(19)3/h11-13H,4-10,16H2,1-3H3. The van der Waals surface area contributed by atoms with Crippen LogP contribution in [0.4, 0.5) is 5.95 Å². The second kappa shape index (κ2) is 6.42. The van der Waals surface area contributed by atoms with E-state index in [0.717, 1.165) is 38.3 Å². The quantitative estimate of drug-likeness (QED) is 0.889. The third kappa shape index (κ3) is 3.30. The van der Waals surface area contributed by atoms with Gasteiger partial charge in [-0.3, -0.25) is 0 Å². The minimum absolute atomic E-state index is 0.357. The zero-order chi connectivity index (χ0) is 13.8. The molecule has 4 heteroatoms. The van der Waals surface area contributed by atoms with E-state index >= 15 is 0 Å². The molecule has 1 aromatic heterocycles. The molecular formula is C15H28N4. The lowest BCUT2D eigenvalue weighted by atomic mass is 10.00. The summed E-state index contributed by atoms with van der Waals surface area (Å²) < 4.78 is 2.34. The lowest BCUT2D eigenvalue weighted by molar-refractivity contribution is 0.418. The predicted octanol–water partition coefficient (Wildman–Crippen LogP) is 2.56. The maximum atomic E-state index is 6.06. The number of nitrogens with zero attached hydrogens (tertiary/aromatic N) is 3. The van der Waals surface area contributed by atoms with Crippen LogP contribution in [-0.4, -0.2) is 28.2 Å². The van der Waals surface area contributed by atoms with E-state index in [1.807, 2.05) is 0 Å². The van der Waals surface area contributed by atoms with Crippen LogP contribution >= 0.6 is 0 Å². The molecule has 1 aliphatic rings. The van der Waals surface area contributed by atoms with E-state index < -0.39 is 0 Å². The maximum absolute atomic E-state index is 6.06. The Labute approximate surface area is 117 Å². The smallest absolute Gasteiger partial charge is 0.205 e. The first-order valence-electron chi connectivity index (χ1n) is 7.74. The van der Waals surface area contributed by atoms with Crippen molar-refractivity contribution in [3.63, 3.8) is 0 Å². The zero-order valence-corrected chi connectivity index (χ0v) is 12.6. The topological polar surface area (TPSA) is 47.1 Å². The van der Waals surface area contributed by atoms with Gasteiger partial charge in [-0.1, -0.05) is 20.3 Å². The van der Waals surface area contributed by atoms with E-state index in [-0.39, 0.29) is 0 Å². The molecule has 2 N–H and O–H groups in total. The molecule has 0 amide bonds. The van der Waals surface area contributed by atoms with Gasteiger partial charge in [0.25, 0.3) is 0 Å². The summed E-state index contributed by atoms with van der Waals surface area (Å²) in [6.07, 6.45) is 7.82. The lowest BCUT2D eigenvalue weighted by Crippen LogP contribution is -2.46. The average Bonchev–Trinajstić information content (AvgIpc) is 2.79. The van der Waals surface area contributed by atoms with Gasteiger partial charge >= 0.3 is 0 Å². The summed E-state index contributed by atoms with van der Waals surface area (Å²) in [6.45, 7) is 8.79. The molecule has 0 radical (unpaired) electrons. The van der Waals surface area contributed by atoms with Crippen LogP contribution < -0.4 is 10.6 Å². The first-order chi connectivity index (χ1) is 9.15. The number of unbranched alkanes of at least 4 members (excludes halogenated alkanes) is 1. The second-order valence-electron chi connectivity index (χ2n) is 5.76. The Bertz CT molecular complexity index is 399. The average molecular weight is 264 g/mol. The fourth-order valence-electron chi connectivity index (χ4n) is 2.86. The molecule has 108 valence electrons. The fraction of sp³-hybridized carbons (Fsp3) is 0.800. The first-order valence-corrected chi connectivity index (χ1v) is 7.74. The van der Waals surface area contributed by atoms with Crippen molar-refractivity contribution in [2.75, 3.05) is 11.4 Å². The number of imidazole rings is 1.